The third-order valence-corrected chi connectivity index (χ3v) is 5.37. The molecule has 0 atom stereocenters. The van der Waals surface area contributed by atoms with Crippen LogP contribution in [0.1, 0.15) is 37.7 Å². The van der Waals surface area contributed by atoms with Gasteiger partial charge in [-0.1, -0.05) is 31.4 Å². The van der Waals surface area contributed by atoms with Gasteiger partial charge < -0.3 is 15.5 Å². The number of piperazine rings is 1. The van der Waals surface area contributed by atoms with Gasteiger partial charge in [0.2, 0.25) is 0 Å². The maximum Gasteiger partial charge on any atom is 0.170 e. The lowest BCUT2D eigenvalue weighted by molar-refractivity contribution is 0.148. The highest BCUT2D eigenvalue weighted by Gasteiger charge is 2.15. The van der Waals surface area contributed by atoms with Gasteiger partial charge >= 0.3 is 0 Å². The van der Waals surface area contributed by atoms with Gasteiger partial charge in [0, 0.05) is 44.5 Å². The molecule has 0 radical (unpaired) electrons. The van der Waals surface area contributed by atoms with E-state index in [0.29, 0.717) is 6.04 Å². The Hall–Kier alpha value is -1.17. The van der Waals surface area contributed by atoms with Crippen LogP contribution < -0.4 is 10.6 Å². The van der Waals surface area contributed by atoms with Crippen molar-refractivity contribution in [1.29, 1.82) is 0 Å². The summed E-state index contributed by atoms with van der Waals surface area (Å²) < 4.78 is 0. The summed E-state index contributed by atoms with van der Waals surface area (Å²) in [5.41, 5.74) is 2.45. The number of benzene rings is 1. The van der Waals surface area contributed by atoms with Crippen molar-refractivity contribution in [3.63, 3.8) is 0 Å². The molecule has 2 aliphatic rings. The van der Waals surface area contributed by atoms with Gasteiger partial charge in [0.1, 0.15) is 0 Å². The number of rotatable bonds is 4. The van der Waals surface area contributed by atoms with E-state index in [1.165, 1.54) is 50.8 Å². The molecule has 1 saturated heterocycles. The third-order valence-electron chi connectivity index (χ3n) is 5.15. The van der Waals surface area contributed by atoms with Crippen molar-refractivity contribution >= 4 is 23.0 Å². The van der Waals surface area contributed by atoms with Crippen molar-refractivity contribution in [3.8, 4) is 0 Å². The first-order chi connectivity index (χ1) is 11.7. The highest BCUT2D eigenvalue weighted by Crippen LogP contribution is 2.18. The number of nitrogens with zero attached hydrogens (tertiary/aromatic N) is 2. The van der Waals surface area contributed by atoms with Crippen LogP contribution in [0.3, 0.4) is 0 Å². The summed E-state index contributed by atoms with van der Waals surface area (Å²) in [4.78, 5) is 4.92. The second-order valence-electron chi connectivity index (χ2n) is 7.21. The fourth-order valence-corrected chi connectivity index (χ4v) is 3.84. The van der Waals surface area contributed by atoms with Crippen LogP contribution in [0.4, 0.5) is 5.69 Å². The Balaban J connectivity index is 1.44. The van der Waals surface area contributed by atoms with Gasteiger partial charge in [-0.05, 0) is 49.8 Å². The SMILES string of the molecule is CN1CCN(Cc2ccc(NC(=S)NC3CCCCC3)cc2)CC1. The number of likely N-dealkylation sites (N-methyl/N-ethyl adjacent to an activating group) is 1. The molecular weight excluding hydrogens is 316 g/mol. The van der Waals surface area contributed by atoms with Crippen molar-refractivity contribution in [2.45, 2.75) is 44.7 Å². The molecule has 24 heavy (non-hydrogen) atoms. The second kappa shape index (κ2) is 8.79. The summed E-state index contributed by atoms with van der Waals surface area (Å²) in [6, 6.07) is 9.25. The van der Waals surface area contributed by atoms with Gasteiger partial charge in [0.25, 0.3) is 0 Å². The van der Waals surface area contributed by atoms with Crippen molar-refractivity contribution < 1.29 is 0 Å². The Morgan fingerprint density at radius 1 is 1.04 bits per heavy atom. The lowest BCUT2D eigenvalue weighted by atomic mass is 9.96. The van der Waals surface area contributed by atoms with E-state index in [1.807, 2.05) is 0 Å². The quantitative estimate of drug-likeness (QED) is 0.818. The van der Waals surface area contributed by atoms with Crippen LogP contribution in [-0.4, -0.2) is 54.2 Å². The highest BCUT2D eigenvalue weighted by atomic mass is 32.1. The van der Waals surface area contributed by atoms with Crippen LogP contribution in [0.25, 0.3) is 0 Å². The van der Waals surface area contributed by atoms with Gasteiger partial charge in [0.05, 0.1) is 0 Å². The van der Waals surface area contributed by atoms with E-state index in [0.717, 1.165) is 30.4 Å². The minimum atomic E-state index is 0.551. The number of hydrogen-bond donors (Lipinski definition) is 2. The first-order valence-corrected chi connectivity index (χ1v) is 9.67. The number of thiocarbonyl (C=S) groups is 1. The lowest BCUT2D eigenvalue weighted by Crippen LogP contribution is -2.43. The molecule has 1 saturated carbocycles. The summed E-state index contributed by atoms with van der Waals surface area (Å²) in [6.45, 7) is 5.69. The van der Waals surface area contributed by atoms with Crippen LogP contribution in [0.2, 0.25) is 0 Å². The molecule has 3 rings (SSSR count). The Morgan fingerprint density at radius 3 is 2.38 bits per heavy atom. The molecule has 2 N–H and O–H groups in total. The Labute approximate surface area is 151 Å². The summed E-state index contributed by atoms with van der Waals surface area (Å²) in [5, 5.41) is 7.54. The Kier molecular flexibility index (Phi) is 6.46. The monoisotopic (exact) mass is 346 g/mol. The third kappa shape index (κ3) is 5.43. The van der Waals surface area contributed by atoms with Crippen LogP contribution in [0.15, 0.2) is 24.3 Å². The van der Waals surface area contributed by atoms with Crippen molar-refractivity contribution in [1.82, 2.24) is 15.1 Å². The molecular formula is C19H30N4S. The van der Waals surface area contributed by atoms with E-state index in [2.05, 4.69) is 51.7 Å². The van der Waals surface area contributed by atoms with Crippen molar-refractivity contribution in [2.75, 3.05) is 38.5 Å². The van der Waals surface area contributed by atoms with Crippen molar-refractivity contribution in [3.05, 3.63) is 29.8 Å². The molecule has 0 spiro atoms. The van der Waals surface area contributed by atoms with Crippen LogP contribution in [0, 0.1) is 0 Å². The molecule has 0 unspecified atom stereocenters. The number of hydrogen-bond acceptors (Lipinski definition) is 3. The molecule has 4 nitrogen and oxygen atoms in total. The molecule has 5 heteroatoms. The molecule has 1 aliphatic heterocycles. The predicted octanol–water partition coefficient (Wildman–Crippen LogP) is 3.05. The largest absolute Gasteiger partial charge is 0.360 e. The van der Waals surface area contributed by atoms with Crippen LogP contribution in [0.5, 0.6) is 0 Å². The fourth-order valence-electron chi connectivity index (χ4n) is 3.56. The maximum atomic E-state index is 5.46. The standard InChI is InChI=1S/C19H30N4S/c1-22-11-13-23(14-12-22)15-16-7-9-18(10-8-16)21-19(24)20-17-5-3-2-4-6-17/h7-10,17H,2-6,11-15H2,1H3,(H2,20,21,24). The summed E-state index contributed by atoms with van der Waals surface area (Å²) in [5.74, 6) is 0. The lowest BCUT2D eigenvalue weighted by Gasteiger charge is -2.32. The normalized spacial score (nSPS) is 20.7. The maximum absolute atomic E-state index is 5.46. The zero-order valence-electron chi connectivity index (χ0n) is 14.8. The molecule has 1 heterocycles. The summed E-state index contributed by atoms with van der Waals surface area (Å²) in [6.07, 6.45) is 6.49. The van der Waals surface area contributed by atoms with Gasteiger partial charge in [-0.3, -0.25) is 4.90 Å². The minimum Gasteiger partial charge on any atom is -0.360 e. The molecule has 132 valence electrons. The smallest absolute Gasteiger partial charge is 0.170 e. The van der Waals surface area contributed by atoms with E-state index >= 15 is 0 Å². The Bertz CT molecular complexity index is 517. The van der Waals surface area contributed by atoms with Gasteiger partial charge in [0.15, 0.2) is 5.11 Å². The molecule has 0 bridgehead atoms. The molecule has 0 amide bonds. The predicted molar refractivity (Wildman–Crippen MR) is 105 cm³/mol. The van der Waals surface area contributed by atoms with E-state index in [-0.39, 0.29) is 0 Å². The molecule has 1 aromatic carbocycles. The van der Waals surface area contributed by atoms with E-state index in [4.69, 9.17) is 12.2 Å². The molecule has 2 fully saturated rings. The first kappa shape index (κ1) is 17.6. The van der Waals surface area contributed by atoms with Gasteiger partial charge in [-0.15, -0.1) is 0 Å². The van der Waals surface area contributed by atoms with Gasteiger partial charge in [-0.25, -0.2) is 0 Å². The van der Waals surface area contributed by atoms with E-state index in [1.54, 1.807) is 0 Å². The van der Waals surface area contributed by atoms with Crippen LogP contribution >= 0.6 is 12.2 Å². The molecule has 1 aromatic rings. The zero-order valence-corrected chi connectivity index (χ0v) is 15.6. The van der Waals surface area contributed by atoms with Crippen molar-refractivity contribution in [2.24, 2.45) is 0 Å². The van der Waals surface area contributed by atoms with Crippen LogP contribution in [-0.2, 0) is 6.54 Å². The first-order valence-electron chi connectivity index (χ1n) is 9.26. The average molecular weight is 347 g/mol. The Morgan fingerprint density at radius 2 is 1.71 bits per heavy atom. The molecule has 1 aliphatic carbocycles. The number of anilines is 1. The zero-order chi connectivity index (χ0) is 16.8. The fraction of sp³-hybridized carbons (Fsp3) is 0.632. The molecule has 0 aromatic heterocycles. The number of nitrogens with one attached hydrogen (secondary N) is 2. The average Bonchev–Trinajstić information content (AvgIpc) is 2.59. The topological polar surface area (TPSA) is 30.5 Å². The highest BCUT2D eigenvalue weighted by molar-refractivity contribution is 7.80. The van der Waals surface area contributed by atoms with Gasteiger partial charge in [-0.2, -0.15) is 0 Å². The second-order valence-corrected chi connectivity index (χ2v) is 7.62. The summed E-state index contributed by atoms with van der Waals surface area (Å²) in [7, 11) is 2.20. The van der Waals surface area contributed by atoms with E-state index < -0.39 is 0 Å². The summed E-state index contributed by atoms with van der Waals surface area (Å²) >= 11 is 5.46. The minimum absolute atomic E-state index is 0.551. The van der Waals surface area contributed by atoms with E-state index in [9.17, 15) is 0 Å².